The summed E-state index contributed by atoms with van der Waals surface area (Å²) in [4.78, 5) is 14.3. The number of anilines is 1. The topological polar surface area (TPSA) is 32.3 Å². The summed E-state index contributed by atoms with van der Waals surface area (Å²) in [5.74, 6) is 0.964. The zero-order valence-electron chi connectivity index (χ0n) is 12.1. The van der Waals surface area contributed by atoms with Crippen LogP contribution in [-0.4, -0.2) is 25.5 Å². The van der Waals surface area contributed by atoms with Gasteiger partial charge in [-0.15, -0.1) is 12.4 Å². The van der Waals surface area contributed by atoms with Gasteiger partial charge in [0.15, 0.2) is 0 Å². The summed E-state index contributed by atoms with van der Waals surface area (Å²) in [7, 11) is 0. The lowest BCUT2D eigenvalue weighted by atomic mass is 9.93. The van der Waals surface area contributed by atoms with Crippen LogP contribution in [0.4, 0.5) is 5.69 Å². The first-order valence-corrected chi connectivity index (χ1v) is 7.91. The lowest BCUT2D eigenvalue weighted by Crippen LogP contribution is -2.31. The standard InChI is InChI=1S/C16H21ClN2O.ClH/c17-14-3-2-13-7-10-19(15(13)11-14)16(20)4-1-12-5-8-18-9-6-12;/h2-3,11-12,18H,1,4-10H2;1H. The Bertz CT molecular complexity index is 501. The third-order valence-electron chi connectivity index (χ3n) is 4.47. The first kappa shape index (κ1) is 16.6. The van der Waals surface area contributed by atoms with E-state index in [2.05, 4.69) is 5.32 Å². The minimum absolute atomic E-state index is 0. The molecule has 1 fully saturated rings. The molecule has 0 atom stereocenters. The summed E-state index contributed by atoms with van der Waals surface area (Å²) in [5.41, 5.74) is 2.26. The van der Waals surface area contributed by atoms with E-state index in [-0.39, 0.29) is 18.3 Å². The van der Waals surface area contributed by atoms with Crippen LogP contribution in [0.5, 0.6) is 0 Å². The van der Waals surface area contributed by atoms with Gasteiger partial charge in [-0.25, -0.2) is 0 Å². The first-order valence-electron chi connectivity index (χ1n) is 7.53. The minimum atomic E-state index is 0. The smallest absolute Gasteiger partial charge is 0.227 e. The summed E-state index contributed by atoms with van der Waals surface area (Å²) >= 11 is 6.05. The number of fused-ring (bicyclic) bond motifs is 1. The van der Waals surface area contributed by atoms with E-state index in [1.807, 2.05) is 23.1 Å². The van der Waals surface area contributed by atoms with Gasteiger partial charge in [0.2, 0.25) is 5.91 Å². The molecule has 1 aromatic rings. The Hall–Kier alpha value is -0.770. The molecule has 5 heteroatoms. The van der Waals surface area contributed by atoms with E-state index in [0.717, 1.165) is 38.2 Å². The second-order valence-electron chi connectivity index (χ2n) is 5.80. The molecule has 0 saturated carbocycles. The molecule has 2 heterocycles. The Kier molecular flexibility index (Phi) is 5.91. The summed E-state index contributed by atoms with van der Waals surface area (Å²) in [5, 5.41) is 4.08. The number of carbonyl (C=O) groups is 1. The Balaban J connectivity index is 0.00000161. The molecule has 3 nitrogen and oxygen atoms in total. The van der Waals surface area contributed by atoms with Gasteiger partial charge in [0.05, 0.1) is 0 Å². The van der Waals surface area contributed by atoms with Gasteiger partial charge in [0.25, 0.3) is 0 Å². The SMILES string of the molecule is Cl.O=C(CCC1CCNCC1)N1CCc2ccc(Cl)cc21. The van der Waals surface area contributed by atoms with Crippen LogP contribution in [0.2, 0.25) is 5.02 Å². The molecule has 0 aromatic heterocycles. The molecule has 116 valence electrons. The molecular weight excluding hydrogens is 307 g/mol. The highest BCUT2D eigenvalue weighted by Gasteiger charge is 2.25. The molecule has 2 aliphatic heterocycles. The zero-order chi connectivity index (χ0) is 13.9. The van der Waals surface area contributed by atoms with Crippen LogP contribution in [0.3, 0.4) is 0 Å². The molecule has 3 rings (SSSR count). The summed E-state index contributed by atoms with van der Waals surface area (Å²) in [6.07, 6.45) is 5.04. The van der Waals surface area contributed by atoms with E-state index < -0.39 is 0 Å². The number of carbonyl (C=O) groups excluding carboxylic acids is 1. The molecule has 0 spiro atoms. The fourth-order valence-electron chi connectivity index (χ4n) is 3.24. The Morgan fingerprint density at radius 2 is 2.10 bits per heavy atom. The van der Waals surface area contributed by atoms with Gasteiger partial charge in [-0.1, -0.05) is 17.7 Å². The van der Waals surface area contributed by atoms with Crippen molar-refractivity contribution in [2.75, 3.05) is 24.5 Å². The van der Waals surface area contributed by atoms with Crippen molar-refractivity contribution >= 4 is 35.6 Å². The number of nitrogens with zero attached hydrogens (tertiary/aromatic N) is 1. The van der Waals surface area contributed by atoms with E-state index in [9.17, 15) is 4.79 Å². The maximum absolute atomic E-state index is 12.4. The predicted octanol–water partition coefficient (Wildman–Crippen LogP) is 3.43. The number of rotatable bonds is 3. The van der Waals surface area contributed by atoms with Crippen LogP contribution in [-0.2, 0) is 11.2 Å². The molecule has 2 aliphatic rings. The number of amides is 1. The Morgan fingerprint density at radius 3 is 2.86 bits per heavy atom. The van der Waals surface area contributed by atoms with Crippen molar-refractivity contribution in [3.05, 3.63) is 28.8 Å². The summed E-state index contributed by atoms with van der Waals surface area (Å²) in [6, 6.07) is 5.87. The molecule has 1 saturated heterocycles. The highest BCUT2D eigenvalue weighted by atomic mass is 35.5. The Morgan fingerprint density at radius 1 is 1.33 bits per heavy atom. The maximum atomic E-state index is 12.4. The van der Waals surface area contributed by atoms with Gasteiger partial charge < -0.3 is 10.2 Å². The second-order valence-corrected chi connectivity index (χ2v) is 6.24. The zero-order valence-corrected chi connectivity index (χ0v) is 13.7. The summed E-state index contributed by atoms with van der Waals surface area (Å²) in [6.45, 7) is 3.00. The van der Waals surface area contributed by atoms with E-state index in [0.29, 0.717) is 17.4 Å². The number of benzene rings is 1. The van der Waals surface area contributed by atoms with Gasteiger partial charge in [-0.2, -0.15) is 0 Å². The van der Waals surface area contributed by atoms with Crippen molar-refractivity contribution in [1.82, 2.24) is 5.32 Å². The summed E-state index contributed by atoms with van der Waals surface area (Å²) < 4.78 is 0. The van der Waals surface area contributed by atoms with Crippen molar-refractivity contribution in [1.29, 1.82) is 0 Å². The lowest BCUT2D eigenvalue weighted by molar-refractivity contribution is -0.118. The number of nitrogens with one attached hydrogen (secondary N) is 1. The van der Waals surface area contributed by atoms with Gasteiger partial charge >= 0.3 is 0 Å². The third kappa shape index (κ3) is 3.91. The third-order valence-corrected chi connectivity index (χ3v) is 4.70. The fraction of sp³-hybridized carbons (Fsp3) is 0.562. The average Bonchev–Trinajstić information content (AvgIpc) is 2.89. The van der Waals surface area contributed by atoms with Crippen molar-refractivity contribution in [2.24, 2.45) is 5.92 Å². The average molecular weight is 329 g/mol. The van der Waals surface area contributed by atoms with Gasteiger partial charge in [-0.3, -0.25) is 4.79 Å². The van der Waals surface area contributed by atoms with E-state index in [4.69, 9.17) is 11.6 Å². The molecule has 21 heavy (non-hydrogen) atoms. The maximum Gasteiger partial charge on any atom is 0.227 e. The van der Waals surface area contributed by atoms with Crippen molar-refractivity contribution in [3.63, 3.8) is 0 Å². The monoisotopic (exact) mass is 328 g/mol. The number of hydrogen-bond acceptors (Lipinski definition) is 2. The predicted molar refractivity (Wildman–Crippen MR) is 89.6 cm³/mol. The van der Waals surface area contributed by atoms with Crippen LogP contribution in [0.1, 0.15) is 31.2 Å². The Labute approximate surface area is 137 Å². The molecule has 0 radical (unpaired) electrons. The molecule has 1 aromatic carbocycles. The van der Waals surface area contributed by atoms with Gasteiger partial charge in [0.1, 0.15) is 0 Å². The quantitative estimate of drug-likeness (QED) is 0.921. The van der Waals surface area contributed by atoms with Crippen LogP contribution >= 0.6 is 24.0 Å². The normalized spacial score (nSPS) is 18.2. The number of piperidine rings is 1. The largest absolute Gasteiger partial charge is 0.317 e. The van der Waals surface area contributed by atoms with Crippen LogP contribution in [0, 0.1) is 5.92 Å². The van der Waals surface area contributed by atoms with E-state index in [1.165, 1.54) is 18.4 Å². The van der Waals surface area contributed by atoms with E-state index in [1.54, 1.807) is 0 Å². The molecule has 0 bridgehead atoms. The molecule has 1 N–H and O–H groups in total. The first-order chi connectivity index (χ1) is 9.74. The van der Waals surface area contributed by atoms with Gasteiger partial charge in [0, 0.05) is 23.7 Å². The lowest BCUT2D eigenvalue weighted by Gasteiger charge is -2.23. The minimum Gasteiger partial charge on any atom is -0.317 e. The molecule has 0 unspecified atom stereocenters. The molecule has 0 aliphatic carbocycles. The van der Waals surface area contributed by atoms with Crippen LogP contribution < -0.4 is 10.2 Å². The second kappa shape index (κ2) is 7.48. The fourth-order valence-corrected chi connectivity index (χ4v) is 3.41. The van der Waals surface area contributed by atoms with Gasteiger partial charge in [-0.05, 0) is 62.4 Å². The number of hydrogen-bond donors (Lipinski definition) is 1. The van der Waals surface area contributed by atoms with Crippen LogP contribution in [0.15, 0.2) is 18.2 Å². The van der Waals surface area contributed by atoms with Crippen molar-refractivity contribution in [2.45, 2.75) is 32.1 Å². The molecule has 1 amide bonds. The number of halogens is 2. The molecular formula is C16H22Cl2N2O. The van der Waals surface area contributed by atoms with E-state index >= 15 is 0 Å². The highest BCUT2D eigenvalue weighted by molar-refractivity contribution is 6.31. The van der Waals surface area contributed by atoms with Crippen LogP contribution in [0.25, 0.3) is 0 Å². The van der Waals surface area contributed by atoms with Crippen molar-refractivity contribution < 1.29 is 4.79 Å². The van der Waals surface area contributed by atoms with Crippen molar-refractivity contribution in [3.8, 4) is 0 Å². The highest BCUT2D eigenvalue weighted by Crippen LogP contribution is 2.31.